The molecular weight excluding hydrogens is 267 g/mol. The second-order valence-electron chi connectivity index (χ2n) is 3.76. The van der Waals surface area contributed by atoms with Crippen molar-refractivity contribution in [3.8, 4) is 6.07 Å². The first kappa shape index (κ1) is 12.8. The average molecular weight is 277 g/mol. The summed E-state index contributed by atoms with van der Waals surface area (Å²) in [7, 11) is 0. The molecule has 0 fully saturated rings. The van der Waals surface area contributed by atoms with Crippen LogP contribution < -0.4 is 5.32 Å². The molecule has 4 heteroatoms. The second-order valence-corrected chi connectivity index (χ2v) is 4.55. The van der Waals surface area contributed by atoms with Gasteiger partial charge in [-0.25, -0.2) is 0 Å². The Labute approximate surface area is 116 Å². The predicted molar refractivity (Wildman–Crippen MR) is 74.9 cm³/mol. The molecule has 18 heavy (non-hydrogen) atoms. The summed E-state index contributed by atoms with van der Waals surface area (Å²) in [5.41, 5.74) is 2.53. The number of benzene rings is 2. The number of hydrogen-bond acceptors (Lipinski definition) is 2. The molecule has 0 aromatic heterocycles. The van der Waals surface area contributed by atoms with Gasteiger partial charge in [0.05, 0.1) is 27.4 Å². The largest absolute Gasteiger partial charge is 0.380 e. The van der Waals surface area contributed by atoms with Crippen LogP contribution in [0.2, 0.25) is 10.0 Å². The molecule has 0 spiro atoms. The summed E-state index contributed by atoms with van der Waals surface area (Å²) in [6.07, 6.45) is 0. The molecule has 2 aromatic carbocycles. The van der Waals surface area contributed by atoms with E-state index in [0.717, 1.165) is 11.3 Å². The van der Waals surface area contributed by atoms with Gasteiger partial charge in [-0.2, -0.15) is 5.26 Å². The van der Waals surface area contributed by atoms with Crippen LogP contribution in [0, 0.1) is 11.3 Å². The molecule has 0 unspecified atom stereocenters. The predicted octanol–water partition coefficient (Wildman–Crippen LogP) is 4.48. The van der Waals surface area contributed by atoms with Crippen LogP contribution in [-0.4, -0.2) is 0 Å². The number of rotatable bonds is 3. The van der Waals surface area contributed by atoms with Crippen molar-refractivity contribution >= 4 is 28.9 Å². The molecule has 0 heterocycles. The van der Waals surface area contributed by atoms with E-state index in [1.165, 1.54) is 0 Å². The van der Waals surface area contributed by atoms with Crippen molar-refractivity contribution in [2.45, 2.75) is 6.54 Å². The van der Waals surface area contributed by atoms with Crippen LogP contribution in [-0.2, 0) is 6.54 Å². The van der Waals surface area contributed by atoms with E-state index in [1.54, 1.807) is 18.2 Å². The molecule has 0 amide bonds. The zero-order valence-corrected chi connectivity index (χ0v) is 11.0. The standard InChI is InChI=1S/C14H10Cl2N2/c15-12-2-1-3-13(14(12)16)18-9-11-6-4-10(8-17)5-7-11/h1-7,18H,9H2. The molecule has 90 valence electrons. The zero-order chi connectivity index (χ0) is 13.0. The number of nitrogens with one attached hydrogen (secondary N) is 1. The topological polar surface area (TPSA) is 35.8 Å². The Bertz CT molecular complexity index is 586. The zero-order valence-electron chi connectivity index (χ0n) is 9.45. The molecule has 0 aliphatic rings. The van der Waals surface area contributed by atoms with Crippen molar-refractivity contribution < 1.29 is 0 Å². The molecule has 0 bridgehead atoms. The first-order chi connectivity index (χ1) is 8.70. The Morgan fingerprint density at radius 2 is 1.78 bits per heavy atom. The highest BCUT2D eigenvalue weighted by Gasteiger charge is 2.03. The quantitative estimate of drug-likeness (QED) is 0.898. The second kappa shape index (κ2) is 5.77. The van der Waals surface area contributed by atoms with Crippen molar-refractivity contribution in [3.63, 3.8) is 0 Å². The van der Waals surface area contributed by atoms with E-state index < -0.39 is 0 Å². The van der Waals surface area contributed by atoms with Gasteiger partial charge in [0.1, 0.15) is 0 Å². The van der Waals surface area contributed by atoms with Crippen LogP contribution in [0.3, 0.4) is 0 Å². The molecule has 0 aliphatic heterocycles. The van der Waals surface area contributed by atoms with Crippen molar-refractivity contribution in [1.82, 2.24) is 0 Å². The van der Waals surface area contributed by atoms with Crippen LogP contribution in [0.1, 0.15) is 11.1 Å². The Morgan fingerprint density at radius 3 is 2.44 bits per heavy atom. The number of nitrogens with zero attached hydrogens (tertiary/aromatic N) is 1. The lowest BCUT2D eigenvalue weighted by atomic mass is 10.1. The molecule has 2 aromatic rings. The molecule has 0 aliphatic carbocycles. The monoisotopic (exact) mass is 276 g/mol. The van der Waals surface area contributed by atoms with Crippen LogP contribution in [0.25, 0.3) is 0 Å². The normalized spacial score (nSPS) is 9.83. The van der Waals surface area contributed by atoms with Crippen LogP contribution >= 0.6 is 23.2 Å². The van der Waals surface area contributed by atoms with E-state index in [2.05, 4.69) is 11.4 Å². The summed E-state index contributed by atoms with van der Waals surface area (Å²) in [5, 5.41) is 13.0. The molecule has 0 saturated carbocycles. The highest BCUT2D eigenvalue weighted by atomic mass is 35.5. The number of nitriles is 1. The van der Waals surface area contributed by atoms with E-state index in [1.807, 2.05) is 24.3 Å². The Balaban J connectivity index is 2.07. The minimum atomic E-state index is 0.521. The fourth-order valence-corrected chi connectivity index (χ4v) is 1.90. The summed E-state index contributed by atoms with van der Waals surface area (Å²) in [6.45, 7) is 0.631. The molecular formula is C14H10Cl2N2. The van der Waals surface area contributed by atoms with Crippen LogP contribution in [0.5, 0.6) is 0 Å². The summed E-state index contributed by atoms with van der Waals surface area (Å²) in [4.78, 5) is 0. The van der Waals surface area contributed by atoms with E-state index in [4.69, 9.17) is 28.5 Å². The lowest BCUT2D eigenvalue weighted by Crippen LogP contribution is -1.99. The number of halogens is 2. The van der Waals surface area contributed by atoms with Crippen LogP contribution in [0.15, 0.2) is 42.5 Å². The minimum absolute atomic E-state index is 0.521. The van der Waals surface area contributed by atoms with Gasteiger partial charge in [0.15, 0.2) is 0 Å². The third-order valence-corrected chi connectivity index (χ3v) is 3.34. The van der Waals surface area contributed by atoms with E-state index in [9.17, 15) is 0 Å². The first-order valence-corrected chi connectivity index (χ1v) is 6.13. The number of anilines is 1. The van der Waals surface area contributed by atoms with Gasteiger partial charge in [-0.05, 0) is 29.8 Å². The van der Waals surface area contributed by atoms with Crippen molar-refractivity contribution in [2.24, 2.45) is 0 Å². The van der Waals surface area contributed by atoms with Gasteiger partial charge in [-0.1, -0.05) is 41.4 Å². The SMILES string of the molecule is N#Cc1ccc(CNc2cccc(Cl)c2Cl)cc1. The third kappa shape index (κ3) is 2.95. The lowest BCUT2D eigenvalue weighted by Gasteiger charge is -2.09. The van der Waals surface area contributed by atoms with Gasteiger partial charge < -0.3 is 5.32 Å². The van der Waals surface area contributed by atoms with Crippen LogP contribution in [0.4, 0.5) is 5.69 Å². The van der Waals surface area contributed by atoms with Crippen molar-refractivity contribution in [2.75, 3.05) is 5.32 Å². The molecule has 2 nitrogen and oxygen atoms in total. The minimum Gasteiger partial charge on any atom is -0.380 e. The van der Waals surface area contributed by atoms with Gasteiger partial charge >= 0.3 is 0 Å². The smallest absolute Gasteiger partial charge is 0.0991 e. The maximum Gasteiger partial charge on any atom is 0.0991 e. The Hall–Kier alpha value is -1.69. The first-order valence-electron chi connectivity index (χ1n) is 5.37. The lowest BCUT2D eigenvalue weighted by molar-refractivity contribution is 1.15. The summed E-state index contributed by atoms with van der Waals surface area (Å²) >= 11 is 12.0. The highest BCUT2D eigenvalue weighted by Crippen LogP contribution is 2.29. The third-order valence-electron chi connectivity index (χ3n) is 2.52. The van der Waals surface area contributed by atoms with Gasteiger partial charge in [0.25, 0.3) is 0 Å². The van der Waals surface area contributed by atoms with Gasteiger partial charge in [-0.15, -0.1) is 0 Å². The Morgan fingerprint density at radius 1 is 1.06 bits per heavy atom. The van der Waals surface area contributed by atoms with E-state index in [-0.39, 0.29) is 0 Å². The van der Waals surface area contributed by atoms with Gasteiger partial charge in [0, 0.05) is 6.54 Å². The molecule has 1 N–H and O–H groups in total. The van der Waals surface area contributed by atoms with Gasteiger partial charge in [0.2, 0.25) is 0 Å². The summed E-state index contributed by atoms with van der Waals surface area (Å²) in [6, 6.07) is 14.9. The van der Waals surface area contributed by atoms with E-state index in [0.29, 0.717) is 22.2 Å². The van der Waals surface area contributed by atoms with Crippen molar-refractivity contribution in [3.05, 3.63) is 63.6 Å². The maximum atomic E-state index is 8.71. The van der Waals surface area contributed by atoms with Crippen molar-refractivity contribution in [1.29, 1.82) is 5.26 Å². The fourth-order valence-electron chi connectivity index (χ4n) is 1.53. The Kier molecular flexibility index (Phi) is 4.09. The molecule has 2 rings (SSSR count). The van der Waals surface area contributed by atoms with Gasteiger partial charge in [-0.3, -0.25) is 0 Å². The highest BCUT2D eigenvalue weighted by molar-refractivity contribution is 6.43. The summed E-state index contributed by atoms with van der Waals surface area (Å²) in [5.74, 6) is 0. The summed E-state index contributed by atoms with van der Waals surface area (Å²) < 4.78 is 0. The van der Waals surface area contributed by atoms with E-state index >= 15 is 0 Å². The molecule has 0 atom stereocenters. The fraction of sp³-hybridized carbons (Fsp3) is 0.0714. The number of hydrogen-bond donors (Lipinski definition) is 1. The maximum absolute atomic E-state index is 8.71. The molecule has 0 radical (unpaired) electrons. The molecule has 0 saturated heterocycles. The average Bonchev–Trinajstić information content (AvgIpc) is 2.41.